The van der Waals surface area contributed by atoms with Crippen LogP contribution in [-0.2, 0) is 32.0 Å². The molecule has 226 valence electrons. The molecule has 0 radical (unpaired) electrons. The predicted octanol–water partition coefficient (Wildman–Crippen LogP) is 3.83. The average molecular weight is 612 g/mol. The third-order valence-corrected chi connectivity index (χ3v) is 8.29. The fourth-order valence-corrected chi connectivity index (χ4v) is 6.04. The predicted molar refractivity (Wildman–Crippen MR) is 168 cm³/mol. The SMILES string of the molecule is C[C@@H]1CCN(C(Cc2cccc3ccccc23)C(N)=O)C(=O)[C@@H](c2cccc(Cl)c2)N1C(=O)CNC(=O)Cc1ccncc1. The Kier molecular flexibility index (Phi) is 9.55. The number of amides is 4. The molecule has 1 aliphatic heterocycles. The van der Waals surface area contributed by atoms with E-state index in [1.807, 2.05) is 49.4 Å². The van der Waals surface area contributed by atoms with Gasteiger partial charge in [-0.25, -0.2) is 0 Å². The van der Waals surface area contributed by atoms with Crippen LogP contribution in [0.15, 0.2) is 91.3 Å². The van der Waals surface area contributed by atoms with Gasteiger partial charge in [0.1, 0.15) is 12.1 Å². The highest BCUT2D eigenvalue weighted by Crippen LogP contribution is 2.33. The first kappa shape index (κ1) is 30.7. The van der Waals surface area contributed by atoms with Gasteiger partial charge in [-0.3, -0.25) is 24.2 Å². The number of hydrogen-bond donors (Lipinski definition) is 2. The van der Waals surface area contributed by atoms with Crippen LogP contribution >= 0.6 is 11.6 Å². The van der Waals surface area contributed by atoms with E-state index in [9.17, 15) is 19.2 Å². The number of rotatable bonds is 9. The van der Waals surface area contributed by atoms with E-state index < -0.39 is 35.8 Å². The highest BCUT2D eigenvalue weighted by atomic mass is 35.5. The van der Waals surface area contributed by atoms with Crippen LogP contribution in [-0.4, -0.2) is 63.6 Å². The van der Waals surface area contributed by atoms with E-state index in [2.05, 4.69) is 10.3 Å². The topological polar surface area (TPSA) is 126 Å². The van der Waals surface area contributed by atoms with Crippen molar-refractivity contribution in [1.82, 2.24) is 20.1 Å². The number of nitrogens with two attached hydrogens (primary N) is 1. The summed E-state index contributed by atoms with van der Waals surface area (Å²) in [5.41, 5.74) is 8.13. The Balaban J connectivity index is 1.44. The highest BCUT2D eigenvalue weighted by molar-refractivity contribution is 6.30. The standard InChI is InChI=1S/C34H34ClN5O4/c1-22-14-17-39(29(33(36)43)20-25-8-4-7-24-6-2-3-11-28(24)25)34(44)32(26-9-5-10-27(35)19-26)40(22)31(42)21-38-30(41)18-23-12-15-37-16-13-23/h2-13,15-16,19,22,29,32H,14,17-18,20-21H2,1H3,(H2,36,43)(H,38,41)/t22-,29?,32-/m1/s1. The highest BCUT2D eigenvalue weighted by Gasteiger charge is 2.43. The molecule has 3 atom stereocenters. The van der Waals surface area contributed by atoms with Crippen molar-refractivity contribution in [1.29, 1.82) is 0 Å². The average Bonchev–Trinajstić information content (AvgIpc) is 3.14. The minimum Gasteiger partial charge on any atom is -0.368 e. The number of carbonyl (C=O) groups is 4. The lowest BCUT2D eigenvalue weighted by Crippen LogP contribution is -2.53. The molecule has 5 rings (SSSR count). The zero-order valence-electron chi connectivity index (χ0n) is 24.4. The number of nitrogens with zero attached hydrogens (tertiary/aromatic N) is 3. The molecule has 4 aromatic rings. The Labute approximate surface area is 261 Å². The van der Waals surface area contributed by atoms with Crippen molar-refractivity contribution >= 4 is 46.0 Å². The Morgan fingerprint density at radius 3 is 2.50 bits per heavy atom. The number of halogens is 1. The Morgan fingerprint density at radius 2 is 1.75 bits per heavy atom. The summed E-state index contributed by atoms with van der Waals surface area (Å²) in [5, 5.41) is 5.09. The quantitative estimate of drug-likeness (QED) is 0.298. The molecule has 9 nitrogen and oxygen atoms in total. The second-order valence-corrected chi connectivity index (χ2v) is 11.4. The summed E-state index contributed by atoms with van der Waals surface area (Å²) in [6.07, 6.45) is 3.90. The molecule has 0 spiro atoms. The van der Waals surface area contributed by atoms with Crippen LogP contribution in [0.25, 0.3) is 10.8 Å². The van der Waals surface area contributed by atoms with E-state index in [1.54, 1.807) is 48.8 Å². The van der Waals surface area contributed by atoms with Gasteiger partial charge in [-0.1, -0.05) is 66.2 Å². The van der Waals surface area contributed by atoms with Crippen molar-refractivity contribution in [2.24, 2.45) is 5.73 Å². The van der Waals surface area contributed by atoms with Crippen LogP contribution in [0.4, 0.5) is 0 Å². The Morgan fingerprint density at radius 1 is 1.02 bits per heavy atom. The lowest BCUT2D eigenvalue weighted by Gasteiger charge is -2.36. The molecule has 1 saturated heterocycles. The molecule has 2 heterocycles. The van der Waals surface area contributed by atoms with Crippen molar-refractivity contribution < 1.29 is 19.2 Å². The van der Waals surface area contributed by atoms with E-state index in [1.165, 1.54) is 9.80 Å². The first-order valence-corrected chi connectivity index (χ1v) is 14.9. The number of carbonyl (C=O) groups excluding carboxylic acids is 4. The van der Waals surface area contributed by atoms with Crippen molar-refractivity contribution in [3.05, 3.63) is 113 Å². The lowest BCUT2D eigenvalue weighted by atomic mass is 9.96. The van der Waals surface area contributed by atoms with Gasteiger partial charge in [-0.05, 0) is 65.1 Å². The van der Waals surface area contributed by atoms with Gasteiger partial charge in [-0.2, -0.15) is 0 Å². The molecule has 4 amide bonds. The minimum absolute atomic E-state index is 0.0875. The number of pyridine rings is 1. The third-order valence-electron chi connectivity index (χ3n) is 8.06. The molecule has 3 aromatic carbocycles. The number of fused-ring (bicyclic) bond motifs is 1. The van der Waals surface area contributed by atoms with Crippen molar-refractivity contribution in [2.75, 3.05) is 13.1 Å². The number of aromatic nitrogens is 1. The van der Waals surface area contributed by atoms with Crippen LogP contribution in [0.2, 0.25) is 5.02 Å². The Bertz CT molecular complexity index is 1680. The van der Waals surface area contributed by atoms with Crippen LogP contribution in [0.3, 0.4) is 0 Å². The summed E-state index contributed by atoms with van der Waals surface area (Å²) in [4.78, 5) is 60.9. The summed E-state index contributed by atoms with van der Waals surface area (Å²) >= 11 is 6.34. The molecule has 3 N–H and O–H groups in total. The number of hydrogen-bond acceptors (Lipinski definition) is 5. The van der Waals surface area contributed by atoms with E-state index in [4.69, 9.17) is 17.3 Å². The molecule has 10 heteroatoms. The van der Waals surface area contributed by atoms with Gasteiger partial charge < -0.3 is 20.9 Å². The zero-order valence-corrected chi connectivity index (χ0v) is 25.1. The second-order valence-electron chi connectivity index (χ2n) is 11.0. The Hall–Kier alpha value is -4.76. The molecule has 0 saturated carbocycles. The van der Waals surface area contributed by atoms with Crippen LogP contribution in [0.5, 0.6) is 0 Å². The molecule has 1 aliphatic rings. The maximum absolute atomic E-state index is 14.5. The summed E-state index contributed by atoms with van der Waals surface area (Å²) < 4.78 is 0. The van der Waals surface area contributed by atoms with Gasteiger partial charge in [0.25, 0.3) is 5.91 Å². The normalized spacial score (nSPS) is 17.6. The van der Waals surface area contributed by atoms with Gasteiger partial charge in [-0.15, -0.1) is 0 Å². The minimum atomic E-state index is -1.08. The van der Waals surface area contributed by atoms with Gasteiger partial charge in [0.05, 0.1) is 13.0 Å². The lowest BCUT2D eigenvalue weighted by molar-refractivity contribution is -0.148. The van der Waals surface area contributed by atoms with Crippen LogP contribution in [0, 0.1) is 0 Å². The fourth-order valence-electron chi connectivity index (χ4n) is 5.84. The summed E-state index contributed by atoms with van der Waals surface area (Å²) in [7, 11) is 0. The number of benzene rings is 3. The fraction of sp³-hybridized carbons (Fsp3) is 0.265. The molecule has 44 heavy (non-hydrogen) atoms. The van der Waals surface area contributed by atoms with E-state index in [0.717, 1.165) is 21.9 Å². The summed E-state index contributed by atoms with van der Waals surface area (Å²) in [5.74, 6) is -1.82. The van der Waals surface area contributed by atoms with Gasteiger partial charge in [0.15, 0.2) is 0 Å². The molecule has 1 aromatic heterocycles. The van der Waals surface area contributed by atoms with E-state index >= 15 is 0 Å². The van der Waals surface area contributed by atoms with Gasteiger partial charge in [0, 0.05) is 36.4 Å². The van der Waals surface area contributed by atoms with Gasteiger partial charge in [0.2, 0.25) is 17.7 Å². The van der Waals surface area contributed by atoms with Crippen molar-refractivity contribution in [3.8, 4) is 0 Å². The van der Waals surface area contributed by atoms with Crippen LogP contribution < -0.4 is 11.1 Å². The van der Waals surface area contributed by atoms with Gasteiger partial charge >= 0.3 is 0 Å². The third kappa shape index (κ3) is 6.89. The van der Waals surface area contributed by atoms with Crippen molar-refractivity contribution in [2.45, 2.75) is 44.3 Å². The zero-order chi connectivity index (χ0) is 31.2. The second kappa shape index (κ2) is 13.7. The molecule has 0 aliphatic carbocycles. The van der Waals surface area contributed by atoms with Crippen molar-refractivity contribution in [3.63, 3.8) is 0 Å². The monoisotopic (exact) mass is 611 g/mol. The first-order valence-electron chi connectivity index (χ1n) is 14.5. The summed E-state index contributed by atoms with van der Waals surface area (Å²) in [6, 6.07) is 21.5. The molecule has 1 unspecified atom stereocenters. The van der Waals surface area contributed by atoms with E-state index in [0.29, 0.717) is 17.0 Å². The maximum Gasteiger partial charge on any atom is 0.250 e. The molecular weight excluding hydrogens is 578 g/mol. The van der Waals surface area contributed by atoms with Crippen LogP contribution in [0.1, 0.15) is 36.1 Å². The number of nitrogens with one attached hydrogen (secondary N) is 1. The first-order chi connectivity index (χ1) is 21.2. The maximum atomic E-state index is 14.5. The molecule has 0 bridgehead atoms. The summed E-state index contributed by atoms with van der Waals surface area (Å²) in [6.45, 7) is 1.77. The van der Waals surface area contributed by atoms with E-state index in [-0.39, 0.29) is 31.8 Å². The smallest absolute Gasteiger partial charge is 0.250 e. The number of primary amides is 1. The largest absolute Gasteiger partial charge is 0.368 e. The molecule has 1 fully saturated rings. The molecular formula is C34H34ClN5O4.